The number of rotatable bonds is 7. The molecule has 0 aromatic heterocycles. The first kappa shape index (κ1) is 20.1. The zero-order valence-corrected chi connectivity index (χ0v) is 27.2. The average Bonchev–Trinajstić information content (AvgIpc) is 3.30. The Kier molecular flexibility index (Phi) is 5.24. The molecule has 0 fully saturated rings. The third-order valence-electron chi connectivity index (χ3n) is 8.89. The Labute approximate surface area is 316 Å². The lowest BCUT2D eigenvalue weighted by Gasteiger charge is -2.26. The van der Waals surface area contributed by atoms with Crippen molar-refractivity contribution in [1.29, 1.82) is 0 Å². The molecule has 0 N–H and O–H groups in total. The Hall–Kier alpha value is -6.70. The minimum atomic E-state index is -0.670. The second-order valence-electron chi connectivity index (χ2n) is 12.0. The number of anilines is 3. The van der Waals surface area contributed by atoms with Crippen LogP contribution in [0.1, 0.15) is 16.4 Å². The highest BCUT2D eigenvalue weighted by Crippen LogP contribution is 2.41. The molecule has 0 unspecified atom stereocenters. The van der Waals surface area contributed by atoms with E-state index >= 15 is 0 Å². The van der Waals surface area contributed by atoms with E-state index in [2.05, 4.69) is 0 Å². The number of fused-ring (bicyclic) bond motifs is 2. The lowest BCUT2D eigenvalue weighted by atomic mass is 9.89. The van der Waals surface area contributed by atoms with Crippen molar-refractivity contribution in [2.24, 2.45) is 0 Å². The van der Waals surface area contributed by atoms with Crippen molar-refractivity contribution in [3.05, 3.63) is 212 Å². The van der Waals surface area contributed by atoms with Gasteiger partial charge in [0.05, 0.1) is 16.4 Å². The molecule has 0 bridgehead atoms. The van der Waals surface area contributed by atoms with Gasteiger partial charge >= 0.3 is 0 Å². The maximum atomic E-state index is 9.71. The summed E-state index contributed by atoms with van der Waals surface area (Å²) in [6.45, 7) is 0. The molecule has 0 aliphatic heterocycles. The summed E-state index contributed by atoms with van der Waals surface area (Å²) in [6.07, 6.45) is 0. The summed E-state index contributed by atoms with van der Waals surface area (Å²) in [7, 11) is 0. The van der Waals surface area contributed by atoms with Gasteiger partial charge in [0.1, 0.15) is 0 Å². The maximum absolute atomic E-state index is 9.71. The highest BCUT2D eigenvalue weighted by molar-refractivity contribution is 6.04. The van der Waals surface area contributed by atoms with Crippen LogP contribution in [0.25, 0.3) is 66.1 Å². The average molecular weight is 662 g/mol. The maximum Gasteiger partial charge on any atom is 0.0645 e. The zero-order chi connectivity index (χ0) is 44.4. The Morgan fingerprint density at radius 3 is 1.39 bits per heavy atom. The van der Waals surface area contributed by atoms with Gasteiger partial charge in [0.15, 0.2) is 0 Å². The van der Waals surface area contributed by atoms with E-state index < -0.39 is 89.6 Å². The van der Waals surface area contributed by atoms with Gasteiger partial charge in [-0.05, 0) is 102 Å². The summed E-state index contributed by atoms with van der Waals surface area (Å²) in [6, 6.07) is 34.5. The lowest BCUT2D eigenvalue weighted by molar-refractivity contribution is 1.28. The summed E-state index contributed by atoms with van der Waals surface area (Å²) >= 11 is 0. The van der Waals surface area contributed by atoms with E-state index in [0.717, 1.165) is 21.2 Å². The molecule has 1 nitrogen and oxygen atoms in total. The van der Waals surface area contributed by atoms with Gasteiger partial charge in [0.25, 0.3) is 0 Å². The number of hydrogen-bond acceptors (Lipinski definition) is 1. The van der Waals surface area contributed by atoms with E-state index in [1.807, 2.05) is 84.9 Å². The van der Waals surface area contributed by atoms with Crippen LogP contribution in [0.2, 0.25) is 0 Å². The van der Waals surface area contributed by atoms with Gasteiger partial charge in [0, 0.05) is 17.1 Å². The highest BCUT2D eigenvalue weighted by Gasteiger charge is 2.16. The number of benzene rings is 9. The van der Waals surface area contributed by atoms with Crippen molar-refractivity contribution in [1.82, 2.24) is 0 Å². The van der Waals surface area contributed by atoms with Crippen LogP contribution in [0.3, 0.4) is 0 Å². The van der Waals surface area contributed by atoms with Crippen molar-refractivity contribution in [2.75, 3.05) is 4.90 Å². The van der Waals surface area contributed by atoms with E-state index in [0.29, 0.717) is 33.0 Å². The summed E-state index contributed by atoms with van der Waals surface area (Å²) < 4.78 is 114. The minimum absolute atomic E-state index is 0.0382. The van der Waals surface area contributed by atoms with Crippen LogP contribution in [0, 0.1) is 0 Å². The van der Waals surface area contributed by atoms with Crippen molar-refractivity contribution in [2.45, 2.75) is 0 Å². The van der Waals surface area contributed by atoms with E-state index in [9.17, 15) is 16.4 Å². The van der Waals surface area contributed by atoms with Crippen LogP contribution in [0.5, 0.6) is 0 Å². The summed E-state index contributed by atoms with van der Waals surface area (Å²) in [5.74, 6) is 0. The van der Waals surface area contributed by atoms with E-state index in [1.54, 1.807) is 54.6 Å². The fourth-order valence-electron chi connectivity index (χ4n) is 6.44. The molecule has 0 radical (unpaired) electrons. The van der Waals surface area contributed by atoms with E-state index in [1.165, 1.54) is 0 Å². The van der Waals surface area contributed by atoms with Gasteiger partial charge < -0.3 is 4.90 Å². The van der Waals surface area contributed by atoms with Gasteiger partial charge in [-0.2, -0.15) is 0 Å². The van der Waals surface area contributed by atoms with Gasteiger partial charge in [-0.3, -0.25) is 0 Å². The largest absolute Gasteiger partial charge is 0.311 e. The van der Waals surface area contributed by atoms with Gasteiger partial charge in [0.2, 0.25) is 0 Å². The fraction of sp³-hybridized carbons (Fsp3) is 0. The molecule has 0 aliphatic rings. The third kappa shape index (κ3) is 5.86. The topological polar surface area (TPSA) is 3.24 Å². The van der Waals surface area contributed by atoms with Crippen molar-refractivity contribution < 1.29 is 16.4 Å². The molecule has 9 aromatic carbocycles. The Morgan fingerprint density at radius 2 is 0.765 bits per heavy atom. The Balaban J connectivity index is 1.39. The number of nitrogens with zero attached hydrogens (tertiary/aromatic N) is 1. The molecular weight excluding hydrogens is 615 g/mol. The SMILES string of the molecule is [2H]c1c([2H])c(N(c2c([2H])c([2H])c(-c3cccc4ccccc34)c([2H])c2[2H])c2c([2H])c([2H])c(-c3c(-c4ccccc4)ccc4ccccc34)c([2H])c2[2H])c([2H])c([2H])c1-c1ccccc1. The molecule has 51 heavy (non-hydrogen) atoms. The third-order valence-corrected chi connectivity index (χ3v) is 8.89. The fourth-order valence-corrected chi connectivity index (χ4v) is 6.44. The molecule has 9 aromatic rings. The first-order valence-corrected chi connectivity index (χ1v) is 16.6. The predicted molar refractivity (Wildman–Crippen MR) is 218 cm³/mol. The zero-order valence-electron chi connectivity index (χ0n) is 39.2. The molecule has 0 saturated carbocycles. The normalized spacial score (nSPS) is 14.4. The smallest absolute Gasteiger partial charge is 0.0645 e. The van der Waals surface area contributed by atoms with Crippen molar-refractivity contribution in [3.8, 4) is 44.5 Å². The standard InChI is InChI=1S/C50H35N/c1-3-12-36(13-4-1)37-22-29-43(30-23-37)51(44-31-24-41(25-32-44)47-21-11-18-38-16-7-9-19-46(38)47)45-33-26-42(27-34-45)50-48-20-10-8-17-40(48)28-35-49(50)39-14-5-2-6-15-39/h1-35H/i22D,23D,24D,25D,26D,27D,29D,30D,31D,32D,33D,34D. The quantitative estimate of drug-likeness (QED) is 0.164. The molecule has 9 rings (SSSR count). The number of hydrogen-bond donors (Lipinski definition) is 0. The molecule has 0 saturated heterocycles. The second kappa shape index (κ2) is 13.3. The van der Waals surface area contributed by atoms with Crippen LogP contribution in [0.4, 0.5) is 17.1 Å². The van der Waals surface area contributed by atoms with Crippen molar-refractivity contribution in [3.63, 3.8) is 0 Å². The molecule has 0 atom stereocenters. The van der Waals surface area contributed by atoms with E-state index in [-0.39, 0.29) is 16.7 Å². The molecule has 0 amide bonds. The summed E-state index contributed by atoms with van der Waals surface area (Å²) in [4.78, 5) is 0.856. The van der Waals surface area contributed by atoms with Crippen molar-refractivity contribution >= 4 is 38.6 Å². The molecule has 0 aliphatic carbocycles. The Bertz CT molecular complexity index is 3230. The Morgan fingerprint density at radius 1 is 0.294 bits per heavy atom. The summed E-state index contributed by atoms with van der Waals surface area (Å²) in [5.41, 5.74) is 0.760. The highest BCUT2D eigenvalue weighted by atomic mass is 15.1. The first-order valence-electron chi connectivity index (χ1n) is 22.6. The van der Waals surface area contributed by atoms with Crippen LogP contribution < -0.4 is 4.90 Å². The van der Waals surface area contributed by atoms with Crippen LogP contribution in [-0.2, 0) is 0 Å². The molecule has 0 heterocycles. The lowest BCUT2D eigenvalue weighted by Crippen LogP contribution is -2.09. The molecule has 240 valence electrons. The van der Waals surface area contributed by atoms with Gasteiger partial charge in [-0.1, -0.05) is 176 Å². The van der Waals surface area contributed by atoms with Crippen LogP contribution in [-0.4, -0.2) is 0 Å². The first-order chi connectivity index (χ1) is 30.3. The van der Waals surface area contributed by atoms with Gasteiger partial charge in [-0.25, -0.2) is 0 Å². The second-order valence-corrected chi connectivity index (χ2v) is 12.0. The summed E-state index contributed by atoms with van der Waals surface area (Å²) in [5, 5.41) is 2.90. The van der Waals surface area contributed by atoms with Crippen LogP contribution >= 0.6 is 0 Å². The van der Waals surface area contributed by atoms with Gasteiger partial charge in [-0.15, -0.1) is 0 Å². The molecule has 0 spiro atoms. The molecule has 1 heteroatoms. The molecular formula is C50H35N. The predicted octanol–water partition coefficient (Wildman–Crippen LogP) is 14.1. The van der Waals surface area contributed by atoms with Crippen LogP contribution in [0.15, 0.2) is 212 Å². The van der Waals surface area contributed by atoms with E-state index in [4.69, 9.17) is 0 Å². The monoisotopic (exact) mass is 661 g/mol. The minimum Gasteiger partial charge on any atom is -0.311 e.